The second kappa shape index (κ2) is 3.37. The summed E-state index contributed by atoms with van der Waals surface area (Å²) in [6, 6.07) is 0. The molecule has 0 aromatic carbocycles. The number of hydrogen-bond donors (Lipinski definition) is 1. The Labute approximate surface area is 75.0 Å². The summed E-state index contributed by atoms with van der Waals surface area (Å²) in [5.74, 6) is -0.332. The highest BCUT2D eigenvalue weighted by molar-refractivity contribution is 14.1. The van der Waals surface area contributed by atoms with E-state index in [1.54, 1.807) is 4.08 Å². The van der Waals surface area contributed by atoms with Gasteiger partial charge in [0.05, 0.1) is 0 Å². The summed E-state index contributed by atoms with van der Waals surface area (Å²) >= 11 is 2.03. The van der Waals surface area contributed by atoms with E-state index in [0.717, 1.165) is 0 Å². The smallest absolute Gasteiger partial charge is 0.245 e. The third-order valence-corrected chi connectivity index (χ3v) is 1.81. The number of hydrogen-bond acceptors (Lipinski definition) is 1. The molecule has 0 radical (unpaired) electrons. The predicted octanol–water partition coefficient (Wildman–Crippen LogP) is 1.84. The summed E-state index contributed by atoms with van der Waals surface area (Å²) in [5, 5.41) is 0. The molecule has 0 spiro atoms. The number of halogens is 1. The van der Waals surface area contributed by atoms with Crippen molar-refractivity contribution in [2.75, 3.05) is 0 Å². The molecular weight excluding hydrogens is 241 g/mol. The minimum atomic E-state index is -0.332. The van der Waals surface area contributed by atoms with E-state index in [1.165, 1.54) is 0 Å². The predicted molar refractivity (Wildman–Crippen MR) is 50.8 cm³/mol. The first-order valence-electron chi connectivity index (χ1n) is 3.00. The fourth-order valence-electron chi connectivity index (χ4n) is 0.587. The molecule has 0 aromatic heterocycles. The molecule has 0 rings (SSSR count). The summed E-state index contributed by atoms with van der Waals surface area (Å²) in [6.45, 7) is 5.88. The van der Waals surface area contributed by atoms with Crippen molar-refractivity contribution >= 4 is 28.5 Å². The molecule has 58 valence electrons. The standard InChI is InChI=1S/C7H12INO/c1-7(2,3)5(4-8)6(9)10/h4H,1-3H3,(H2,9,10). The fourth-order valence-corrected chi connectivity index (χ4v) is 1.83. The molecule has 3 heteroatoms. The van der Waals surface area contributed by atoms with Gasteiger partial charge in [-0.1, -0.05) is 43.4 Å². The zero-order valence-corrected chi connectivity index (χ0v) is 8.60. The molecule has 0 fully saturated rings. The first-order valence-corrected chi connectivity index (χ1v) is 4.25. The summed E-state index contributed by atoms with van der Waals surface area (Å²) < 4.78 is 1.74. The number of rotatable bonds is 1. The molecule has 0 aromatic rings. The molecule has 1 amide bonds. The van der Waals surface area contributed by atoms with Gasteiger partial charge in [0, 0.05) is 5.57 Å². The third kappa shape index (κ3) is 2.68. The van der Waals surface area contributed by atoms with Crippen LogP contribution in [0.1, 0.15) is 20.8 Å². The minimum absolute atomic E-state index is 0.132. The third-order valence-electron chi connectivity index (χ3n) is 1.18. The first kappa shape index (κ1) is 9.94. The molecule has 0 saturated heterocycles. The van der Waals surface area contributed by atoms with Crippen LogP contribution in [-0.2, 0) is 4.79 Å². The highest BCUT2D eigenvalue weighted by Gasteiger charge is 2.20. The first-order chi connectivity index (χ1) is 4.39. The van der Waals surface area contributed by atoms with Gasteiger partial charge in [0.2, 0.25) is 5.91 Å². The van der Waals surface area contributed by atoms with E-state index < -0.39 is 0 Å². The lowest BCUT2D eigenvalue weighted by Gasteiger charge is -2.18. The second-order valence-electron chi connectivity index (χ2n) is 3.14. The van der Waals surface area contributed by atoms with Gasteiger partial charge in [-0.05, 0) is 9.50 Å². The molecule has 2 N–H and O–H groups in total. The highest BCUT2D eigenvalue weighted by Crippen LogP contribution is 2.25. The zero-order chi connectivity index (χ0) is 8.36. The molecule has 0 atom stereocenters. The van der Waals surface area contributed by atoms with E-state index in [1.807, 2.05) is 43.4 Å². The van der Waals surface area contributed by atoms with Crippen LogP contribution >= 0.6 is 22.6 Å². The van der Waals surface area contributed by atoms with E-state index in [-0.39, 0.29) is 11.3 Å². The number of primary amides is 1. The average molecular weight is 253 g/mol. The topological polar surface area (TPSA) is 43.1 Å². The molecule has 0 bridgehead atoms. The van der Waals surface area contributed by atoms with E-state index >= 15 is 0 Å². The van der Waals surface area contributed by atoms with Gasteiger partial charge in [0.15, 0.2) is 0 Å². The maximum atomic E-state index is 10.7. The maximum Gasteiger partial charge on any atom is 0.245 e. The van der Waals surface area contributed by atoms with Crippen LogP contribution in [0.2, 0.25) is 0 Å². The Morgan fingerprint density at radius 1 is 1.50 bits per heavy atom. The van der Waals surface area contributed by atoms with Gasteiger partial charge in [0.25, 0.3) is 0 Å². The molecule has 10 heavy (non-hydrogen) atoms. The van der Waals surface area contributed by atoms with Gasteiger partial charge in [0.1, 0.15) is 0 Å². The molecule has 0 unspecified atom stereocenters. The van der Waals surface area contributed by atoms with Crippen molar-refractivity contribution in [3.05, 3.63) is 9.66 Å². The Morgan fingerprint density at radius 3 is 1.90 bits per heavy atom. The van der Waals surface area contributed by atoms with Crippen molar-refractivity contribution in [3.8, 4) is 0 Å². The van der Waals surface area contributed by atoms with Gasteiger partial charge in [-0.2, -0.15) is 0 Å². The number of nitrogens with two attached hydrogens (primary N) is 1. The molecule has 0 aliphatic heterocycles. The fraction of sp³-hybridized carbons (Fsp3) is 0.571. The van der Waals surface area contributed by atoms with Gasteiger partial charge in [-0.15, -0.1) is 0 Å². The SMILES string of the molecule is CC(C)(C)C(=CI)C(N)=O. The molecule has 0 heterocycles. The van der Waals surface area contributed by atoms with Crippen molar-refractivity contribution in [2.45, 2.75) is 20.8 Å². The molecule has 0 saturated carbocycles. The summed E-state index contributed by atoms with van der Waals surface area (Å²) in [5.41, 5.74) is 5.66. The lowest BCUT2D eigenvalue weighted by atomic mass is 9.87. The van der Waals surface area contributed by atoms with E-state index in [0.29, 0.717) is 5.57 Å². The van der Waals surface area contributed by atoms with E-state index in [4.69, 9.17) is 5.73 Å². The molecule has 0 aliphatic carbocycles. The zero-order valence-electron chi connectivity index (χ0n) is 6.44. The Hall–Kier alpha value is -0.0600. The molecule has 2 nitrogen and oxygen atoms in total. The molecule has 0 aliphatic rings. The van der Waals surface area contributed by atoms with Crippen molar-refractivity contribution < 1.29 is 4.79 Å². The van der Waals surface area contributed by atoms with E-state index in [2.05, 4.69) is 0 Å². The van der Waals surface area contributed by atoms with Crippen LogP contribution in [0.5, 0.6) is 0 Å². The Kier molecular flexibility index (Phi) is 3.35. The van der Waals surface area contributed by atoms with Crippen molar-refractivity contribution in [1.82, 2.24) is 0 Å². The highest BCUT2D eigenvalue weighted by atomic mass is 127. The van der Waals surface area contributed by atoms with Crippen molar-refractivity contribution in [3.63, 3.8) is 0 Å². The van der Waals surface area contributed by atoms with Crippen molar-refractivity contribution in [2.24, 2.45) is 11.1 Å². The number of carbonyl (C=O) groups is 1. The summed E-state index contributed by atoms with van der Waals surface area (Å²) in [6.07, 6.45) is 0. The van der Waals surface area contributed by atoms with Gasteiger partial charge < -0.3 is 5.73 Å². The van der Waals surface area contributed by atoms with Gasteiger partial charge in [-0.3, -0.25) is 4.79 Å². The Morgan fingerprint density at radius 2 is 1.90 bits per heavy atom. The van der Waals surface area contributed by atoms with Crippen molar-refractivity contribution in [1.29, 1.82) is 0 Å². The van der Waals surface area contributed by atoms with Crippen LogP contribution in [0.25, 0.3) is 0 Å². The van der Waals surface area contributed by atoms with Crippen LogP contribution in [-0.4, -0.2) is 5.91 Å². The van der Waals surface area contributed by atoms with Gasteiger partial charge in [-0.25, -0.2) is 0 Å². The lowest BCUT2D eigenvalue weighted by molar-refractivity contribution is -0.115. The van der Waals surface area contributed by atoms with E-state index in [9.17, 15) is 4.79 Å². The van der Waals surface area contributed by atoms with Crippen LogP contribution in [0.4, 0.5) is 0 Å². The quantitative estimate of drug-likeness (QED) is 0.562. The Bertz CT molecular complexity index is 167. The van der Waals surface area contributed by atoms with Gasteiger partial charge >= 0.3 is 0 Å². The Balaban J connectivity index is 4.56. The normalized spacial score (nSPS) is 13.4. The van der Waals surface area contributed by atoms with Crippen LogP contribution < -0.4 is 5.73 Å². The summed E-state index contributed by atoms with van der Waals surface area (Å²) in [4.78, 5) is 10.7. The lowest BCUT2D eigenvalue weighted by Crippen LogP contribution is -2.23. The van der Waals surface area contributed by atoms with Crippen LogP contribution in [0.3, 0.4) is 0 Å². The number of carbonyl (C=O) groups excluding carboxylic acids is 1. The minimum Gasteiger partial charge on any atom is -0.366 e. The average Bonchev–Trinajstić information content (AvgIpc) is 1.60. The monoisotopic (exact) mass is 253 g/mol. The second-order valence-corrected chi connectivity index (χ2v) is 3.76. The maximum absolute atomic E-state index is 10.7. The van der Waals surface area contributed by atoms with Crippen LogP contribution in [0.15, 0.2) is 9.66 Å². The largest absolute Gasteiger partial charge is 0.366 e. The number of amides is 1. The molecular formula is C7H12INO. The summed E-state index contributed by atoms with van der Waals surface area (Å²) in [7, 11) is 0. The van der Waals surface area contributed by atoms with Crippen LogP contribution in [0, 0.1) is 5.41 Å².